The van der Waals surface area contributed by atoms with Crippen LogP contribution in [0.1, 0.15) is 106 Å². The monoisotopic (exact) mass is 1010 g/mol. The Kier molecular flexibility index (Phi) is 19.1. The third-order valence-electron chi connectivity index (χ3n) is 13.1. The number of amides is 1. The first-order chi connectivity index (χ1) is 33.9. The minimum Gasteiger partial charge on any atom is -0.497 e. The van der Waals surface area contributed by atoms with E-state index >= 15 is 0 Å². The fourth-order valence-electron chi connectivity index (χ4n) is 10.1. The van der Waals surface area contributed by atoms with E-state index in [1.165, 1.54) is 13.3 Å². The van der Waals surface area contributed by atoms with Gasteiger partial charge in [0, 0.05) is 19.0 Å². The molecule has 5 atom stereocenters. The molecule has 2 aromatic heterocycles. The first-order valence-electron chi connectivity index (χ1n) is 24.3. The molecule has 2 N–H and O–H groups in total. The van der Waals surface area contributed by atoms with Gasteiger partial charge in [-0.2, -0.15) is 10.2 Å². The van der Waals surface area contributed by atoms with Gasteiger partial charge in [0.15, 0.2) is 17.4 Å². The molecule has 0 bridgehead atoms. The maximum absolute atomic E-state index is 13.6. The smallest absolute Gasteiger partial charge is 0.280 e. The quantitative estimate of drug-likeness (QED) is 0.0184. The van der Waals surface area contributed by atoms with E-state index in [0.29, 0.717) is 11.5 Å². The van der Waals surface area contributed by atoms with Gasteiger partial charge in [0.25, 0.3) is 14.1 Å². The van der Waals surface area contributed by atoms with Gasteiger partial charge in [-0.25, -0.2) is 9.65 Å². The molecule has 0 saturated carbocycles. The molecule has 3 aromatic carbocycles. The van der Waals surface area contributed by atoms with E-state index in [2.05, 4.69) is 100 Å². The summed E-state index contributed by atoms with van der Waals surface area (Å²) in [6.45, 7) is 22.8. The summed E-state index contributed by atoms with van der Waals surface area (Å²) < 4.78 is 57.8. The Bertz CT molecular complexity index is 2510. The summed E-state index contributed by atoms with van der Waals surface area (Å²) in [5.74, 6) is 0.867. The van der Waals surface area contributed by atoms with Crippen LogP contribution in [0.3, 0.4) is 0 Å². The molecule has 1 unspecified atom stereocenters. The lowest BCUT2D eigenvalue weighted by Crippen LogP contribution is -2.49. The lowest BCUT2D eigenvalue weighted by molar-refractivity contribution is -0.114. The number of hydrogen-bond donors (Lipinski definition) is 2. The summed E-state index contributed by atoms with van der Waals surface area (Å²) in [5.41, 5.74) is 1.57. The van der Waals surface area contributed by atoms with E-state index in [9.17, 15) is 14.9 Å². The second-order valence-corrected chi connectivity index (χ2v) is 26.0. The van der Waals surface area contributed by atoms with E-state index in [4.69, 9.17) is 37.2 Å². The largest absolute Gasteiger partial charge is 0.497 e. The second-order valence-electron chi connectivity index (χ2n) is 19.1. The fraction of sp³-hybridized carbons (Fsp3) is 0.519. The van der Waals surface area contributed by atoms with E-state index in [1.54, 1.807) is 18.8 Å². The van der Waals surface area contributed by atoms with Gasteiger partial charge in [-0.05, 0) is 85.3 Å². The minimum atomic E-state index is -2.49. The normalized spacial score (nSPS) is 18.1. The first-order valence-corrected chi connectivity index (χ1v) is 27.6. The molecule has 19 heteroatoms. The van der Waals surface area contributed by atoms with Crippen LogP contribution in [0.4, 0.5) is 5.95 Å². The number of nitriles is 1. The average Bonchev–Trinajstić information content (AvgIpc) is 3.91. The molecular formula is C52H72N7O10PSi. The number of carbonyl (C=O) groups excluding carboxylic acids is 1. The number of nitrogens with zero attached hydrogens (tertiary/aromatic N) is 5. The number of aromatic nitrogens is 4. The van der Waals surface area contributed by atoms with Crippen molar-refractivity contribution in [2.24, 2.45) is 0 Å². The SMILES string of the molecule is COc1ccc(C(OC[C@H]2O[C@@H](n3cnc4c(=O)[nH]c(NC(C)=O)nc43)[C@H](OCO[Si](C(C)C)(C(C)C)C(C)C)[C@@H]2OP(OCCC#N)N(C(C)C)C(C)C)(c2ccccc2)c2ccc(OC)cc2)cc1. The summed E-state index contributed by atoms with van der Waals surface area (Å²) in [6, 6.07) is 27.6. The van der Waals surface area contributed by atoms with Gasteiger partial charge >= 0.3 is 0 Å². The van der Waals surface area contributed by atoms with Crippen LogP contribution in [-0.4, -0.2) is 103 Å². The molecular weight excluding hydrogens is 942 g/mol. The highest BCUT2D eigenvalue weighted by molar-refractivity contribution is 7.44. The number of imidazole rings is 1. The van der Waals surface area contributed by atoms with Crippen LogP contribution < -0.4 is 20.3 Å². The first kappa shape index (κ1) is 55.3. The van der Waals surface area contributed by atoms with Crippen molar-refractivity contribution in [2.45, 2.75) is 141 Å². The van der Waals surface area contributed by atoms with Crippen molar-refractivity contribution in [1.29, 1.82) is 5.26 Å². The van der Waals surface area contributed by atoms with E-state index in [0.717, 1.165) is 16.7 Å². The zero-order chi connectivity index (χ0) is 51.6. The lowest BCUT2D eigenvalue weighted by atomic mass is 9.80. The Morgan fingerprint density at radius 1 is 0.873 bits per heavy atom. The summed E-state index contributed by atoms with van der Waals surface area (Å²) in [5, 5.41) is 12.3. The van der Waals surface area contributed by atoms with Gasteiger partial charge in [-0.15, -0.1) is 0 Å². The zero-order valence-corrected chi connectivity index (χ0v) is 45.3. The third kappa shape index (κ3) is 12.1. The molecule has 0 radical (unpaired) electrons. The summed E-state index contributed by atoms with van der Waals surface area (Å²) in [6.07, 6.45) is -2.25. The van der Waals surface area contributed by atoms with Crippen molar-refractivity contribution in [3.05, 3.63) is 112 Å². The van der Waals surface area contributed by atoms with E-state index in [-0.39, 0.29) is 72.2 Å². The van der Waals surface area contributed by atoms with Crippen LogP contribution in [0, 0.1) is 11.3 Å². The van der Waals surface area contributed by atoms with Gasteiger partial charge in [0.2, 0.25) is 20.2 Å². The molecule has 17 nitrogen and oxygen atoms in total. The van der Waals surface area contributed by atoms with Gasteiger partial charge in [-0.1, -0.05) is 96.1 Å². The highest BCUT2D eigenvalue weighted by Gasteiger charge is 2.53. The number of ether oxygens (including phenoxy) is 5. The number of benzene rings is 3. The average molecular weight is 1010 g/mol. The summed E-state index contributed by atoms with van der Waals surface area (Å²) in [4.78, 5) is 37.6. The zero-order valence-electron chi connectivity index (χ0n) is 43.4. The lowest BCUT2D eigenvalue weighted by Gasteiger charge is -2.42. The standard InChI is InChI=1S/C52H72N7O10PSi/c1-33(2)59(34(3)4)70(66-29-17-28-53)69-46-44(30-65-52(39-18-15-14-16-19-39,40-20-24-42(62-12)25-21-40)41-22-26-43(63-13)27-23-41)68-50(47(46)64-32-67-71(35(5)6,36(7)8)37(9)10)58-31-54-45-48(58)56-51(55-38(11)60)57-49(45)61/h14-16,18-27,31,33-37,44,46-47,50H,17,29-30,32H2,1-13H3,(H2,55,56,57,60,61)/t44-,46-,47-,50-,70?/m1/s1. The number of nitrogens with one attached hydrogen (secondary N) is 2. The van der Waals surface area contributed by atoms with Crippen molar-refractivity contribution >= 4 is 39.9 Å². The number of anilines is 1. The van der Waals surface area contributed by atoms with Crippen LogP contribution in [0.2, 0.25) is 16.6 Å². The molecule has 0 spiro atoms. The molecule has 0 aliphatic carbocycles. The number of H-pyrrole nitrogens is 1. The van der Waals surface area contributed by atoms with Gasteiger partial charge in [0.1, 0.15) is 42.2 Å². The molecule has 71 heavy (non-hydrogen) atoms. The number of aromatic amines is 1. The molecule has 5 aromatic rings. The minimum absolute atomic E-state index is 0.0238. The highest BCUT2D eigenvalue weighted by atomic mass is 31.2. The molecule has 6 rings (SSSR count). The van der Waals surface area contributed by atoms with Gasteiger partial charge in [0.05, 0.1) is 46.3 Å². The van der Waals surface area contributed by atoms with Crippen molar-refractivity contribution in [3.8, 4) is 17.6 Å². The molecule has 1 saturated heterocycles. The van der Waals surface area contributed by atoms with Crippen molar-refractivity contribution in [3.63, 3.8) is 0 Å². The maximum Gasteiger partial charge on any atom is 0.280 e. The predicted octanol–water partition coefficient (Wildman–Crippen LogP) is 10.2. The van der Waals surface area contributed by atoms with E-state index < -0.39 is 58.5 Å². The predicted molar refractivity (Wildman–Crippen MR) is 277 cm³/mol. The fourth-order valence-corrected chi connectivity index (χ4v) is 17.1. The molecule has 384 valence electrons. The Labute approximate surface area is 420 Å². The number of hydrogen-bond acceptors (Lipinski definition) is 14. The number of carbonyl (C=O) groups is 1. The highest BCUT2D eigenvalue weighted by Crippen LogP contribution is 2.52. The Balaban J connectivity index is 1.58. The van der Waals surface area contributed by atoms with Gasteiger partial charge < -0.3 is 37.2 Å². The Hall–Kier alpha value is -5.06. The number of methoxy groups -OCH3 is 2. The number of rotatable bonds is 25. The Morgan fingerprint density at radius 3 is 1.94 bits per heavy atom. The van der Waals surface area contributed by atoms with Crippen LogP contribution in [0.25, 0.3) is 11.2 Å². The van der Waals surface area contributed by atoms with Crippen LogP contribution in [0.15, 0.2) is 90.0 Å². The Morgan fingerprint density at radius 2 is 1.44 bits per heavy atom. The summed E-state index contributed by atoms with van der Waals surface area (Å²) in [7, 11) is -1.14. The summed E-state index contributed by atoms with van der Waals surface area (Å²) >= 11 is 0. The number of fused-ring (bicyclic) bond motifs is 1. The van der Waals surface area contributed by atoms with Crippen LogP contribution in [-0.2, 0) is 38.1 Å². The van der Waals surface area contributed by atoms with Crippen LogP contribution >= 0.6 is 8.53 Å². The molecule has 1 aliphatic rings. The van der Waals surface area contributed by atoms with Gasteiger partial charge in [-0.3, -0.25) is 24.5 Å². The molecule has 1 amide bonds. The van der Waals surface area contributed by atoms with E-state index in [1.807, 2.05) is 78.9 Å². The molecule has 1 fully saturated rings. The third-order valence-corrected chi connectivity index (χ3v) is 21.2. The van der Waals surface area contributed by atoms with Crippen molar-refractivity contribution < 1.29 is 42.0 Å². The van der Waals surface area contributed by atoms with Crippen molar-refractivity contribution in [2.75, 3.05) is 39.5 Å². The maximum atomic E-state index is 13.6. The van der Waals surface area contributed by atoms with Crippen LogP contribution in [0.5, 0.6) is 11.5 Å². The van der Waals surface area contributed by atoms with Crippen molar-refractivity contribution in [1.82, 2.24) is 24.2 Å². The molecule has 3 heterocycles. The second kappa shape index (κ2) is 24.6. The topological polar surface area (TPSA) is 194 Å². The molecule has 1 aliphatic heterocycles.